The molecule has 0 bridgehead atoms. The van der Waals surface area contributed by atoms with Crippen LogP contribution in [0.3, 0.4) is 0 Å². The third kappa shape index (κ3) is 4.18. The quantitative estimate of drug-likeness (QED) is 0.820. The Bertz CT molecular complexity index is 754. The van der Waals surface area contributed by atoms with E-state index in [1.54, 1.807) is 18.2 Å². The first kappa shape index (κ1) is 18.5. The molecule has 2 aromatic rings. The predicted octanol–water partition coefficient (Wildman–Crippen LogP) is 3.08. The molecule has 0 radical (unpaired) electrons. The Hall–Kier alpha value is -2.82. The molecule has 0 spiro atoms. The maximum atomic E-state index is 12.6. The number of amides is 1. The zero-order valence-electron chi connectivity index (χ0n) is 15.0. The minimum absolute atomic E-state index is 0.0888. The molecular formula is C20H23NO4. The summed E-state index contributed by atoms with van der Waals surface area (Å²) in [6.45, 7) is 4.07. The van der Waals surface area contributed by atoms with Crippen LogP contribution >= 0.6 is 0 Å². The molecule has 2 rings (SSSR count). The van der Waals surface area contributed by atoms with Gasteiger partial charge in [0.25, 0.3) is 0 Å². The van der Waals surface area contributed by atoms with Gasteiger partial charge in [-0.05, 0) is 37.1 Å². The van der Waals surface area contributed by atoms with Gasteiger partial charge in [-0.15, -0.1) is 0 Å². The standard InChI is InChI=1S/C20H23NO4/c1-20(2,15-8-6-5-7-9-15)19(23)21-13-14-10-11-17(24-3)16(12-14)18(22)25-4/h5-12H,13H2,1-4H3,(H,21,23). The Morgan fingerprint density at radius 2 is 1.72 bits per heavy atom. The second kappa shape index (κ2) is 7.83. The Balaban J connectivity index is 2.13. The Morgan fingerprint density at radius 1 is 1.04 bits per heavy atom. The average Bonchev–Trinajstić information content (AvgIpc) is 2.65. The van der Waals surface area contributed by atoms with Gasteiger partial charge in [0.2, 0.25) is 5.91 Å². The number of carbonyl (C=O) groups is 2. The van der Waals surface area contributed by atoms with Crippen LogP contribution in [0.2, 0.25) is 0 Å². The fourth-order valence-electron chi connectivity index (χ4n) is 2.52. The van der Waals surface area contributed by atoms with Crippen molar-refractivity contribution < 1.29 is 19.1 Å². The summed E-state index contributed by atoms with van der Waals surface area (Å²) in [5, 5.41) is 2.93. The van der Waals surface area contributed by atoms with Crippen molar-refractivity contribution in [3.8, 4) is 5.75 Å². The van der Waals surface area contributed by atoms with E-state index in [4.69, 9.17) is 9.47 Å². The van der Waals surface area contributed by atoms with Crippen LogP contribution in [0.15, 0.2) is 48.5 Å². The van der Waals surface area contributed by atoms with E-state index in [9.17, 15) is 9.59 Å². The molecule has 5 heteroatoms. The lowest BCUT2D eigenvalue weighted by molar-refractivity contribution is -0.125. The van der Waals surface area contributed by atoms with Crippen molar-refractivity contribution >= 4 is 11.9 Å². The van der Waals surface area contributed by atoms with Crippen LogP contribution in [0.5, 0.6) is 5.75 Å². The van der Waals surface area contributed by atoms with Crippen LogP contribution < -0.4 is 10.1 Å². The fourth-order valence-corrected chi connectivity index (χ4v) is 2.52. The lowest BCUT2D eigenvalue weighted by atomic mass is 9.83. The smallest absolute Gasteiger partial charge is 0.341 e. The number of hydrogen-bond donors (Lipinski definition) is 1. The van der Waals surface area contributed by atoms with Crippen LogP contribution in [-0.2, 0) is 21.5 Å². The van der Waals surface area contributed by atoms with Gasteiger partial charge in [-0.1, -0.05) is 36.4 Å². The number of rotatable bonds is 6. The van der Waals surface area contributed by atoms with E-state index in [0.717, 1.165) is 11.1 Å². The van der Waals surface area contributed by atoms with Gasteiger partial charge in [-0.25, -0.2) is 4.79 Å². The summed E-state index contributed by atoms with van der Waals surface area (Å²) in [6.07, 6.45) is 0. The minimum Gasteiger partial charge on any atom is -0.496 e. The summed E-state index contributed by atoms with van der Waals surface area (Å²) >= 11 is 0. The van der Waals surface area contributed by atoms with Gasteiger partial charge in [-0.3, -0.25) is 4.79 Å². The maximum absolute atomic E-state index is 12.6. The zero-order chi connectivity index (χ0) is 18.4. The van der Waals surface area contributed by atoms with E-state index in [2.05, 4.69) is 5.32 Å². The minimum atomic E-state index is -0.654. The normalized spacial score (nSPS) is 10.9. The molecule has 0 aliphatic rings. The molecule has 0 aliphatic carbocycles. The predicted molar refractivity (Wildman–Crippen MR) is 95.6 cm³/mol. The topological polar surface area (TPSA) is 64.6 Å². The summed E-state index contributed by atoms with van der Waals surface area (Å²) in [7, 11) is 2.81. The van der Waals surface area contributed by atoms with Gasteiger partial charge < -0.3 is 14.8 Å². The van der Waals surface area contributed by atoms with Gasteiger partial charge in [0.1, 0.15) is 11.3 Å². The maximum Gasteiger partial charge on any atom is 0.341 e. The number of hydrogen-bond acceptors (Lipinski definition) is 4. The van der Waals surface area contributed by atoms with E-state index in [0.29, 0.717) is 17.9 Å². The highest BCUT2D eigenvalue weighted by molar-refractivity contribution is 5.92. The second-order valence-electron chi connectivity index (χ2n) is 6.20. The van der Waals surface area contributed by atoms with Crippen molar-refractivity contribution in [2.75, 3.05) is 14.2 Å². The van der Waals surface area contributed by atoms with Crippen LogP contribution in [0.1, 0.15) is 35.3 Å². The molecule has 25 heavy (non-hydrogen) atoms. The highest BCUT2D eigenvalue weighted by atomic mass is 16.5. The summed E-state index contributed by atoms with van der Waals surface area (Å²) < 4.78 is 9.94. The number of ether oxygens (including phenoxy) is 2. The van der Waals surface area contributed by atoms with Crippen LogP contribution in [0, 0.1) is 0 Å². The van der Waals surface area contributed by atoms with Crippen molar-refractivity contribution in [3.63, 3.8) is 0 Å². The largest absolute Gasteiger partial charge is 0.496 e. The highest BCUT2D eigenvalue weighted by Gasteiger charge is 2.29. The van der Waals surface area contributed by atoms with Crippen molar-refractivity contribution in [2.24, 2.45) is 0 Å². The van der Waals surface area contributed by atoms with E-state index in [1.165, 1.54) is 14.2 Å². The van der Waals surface area contributed by atoms with E-state index in [1.807, 2.05) is 44.2 Å². The van der Waals surface area contributed by atoms with Crippen molar-refractivity contribution in [3.05, 3.63) is 65.2 Å². The first-order valence-corrected chi connectivity index (χ1v) is 7.99. The van der Waals surface area contributed by atoms with Crippen LogP contribution in [-0.4, -0.2) is 26.1 Å². The van der Waals surface area contributed by atoms with E-state index >= 15 is 0 Å². The monoisotopic (exact) mass is 341 g/mol. The van der Waals surface area contributed by atoms with Crippen molar-refractivity contribution in [1.29, 1.82) is 0 Å². The molecule has 0 saturated heterocycles. The second-order valence-corrected chi connectivity index (χ2v) is 6.20. The third-order valence-corrected chi connectivity index (χ3v) is 4.19. The Kier molecular flexibility index (Phi) is 5.80. The Labute approximate surface area is 148 Å². The summed E-state index contributed by atoms with van der Waals surface area (Å²) in [5.74, 6) is -0.129. The lowest BCUT2D eigenvalue weighted by Crippen LogP contribution is -2.39. The zero-order valence-corrected chi connectivity index (χ0v) is 15.0. The first-order valence-electron chi connectivity index (χ1n) is 7.99. The number of benzene rings is 2. The summed E-state index contributed by atoms with van der Waals surface area (Å²) in [5.41, 5.74) is 1.41. The molecule has 1 N–H and O–H groups in total. The Morgan fingerprint density at radius 3 is 2.32 bits per heavy atom. The molecule has 132 valence electrons. The van der Waals surface area contributed by atoms with Crippen molar-refractivity contribution in [2.45, 2.75) is 25.8 Å². The fraction of sp³-hybridized carbons (Fsp3) is 0.300. The summed E-state index contributed by atoms with van der Waals surface area (Å²) in [6, 6.07) is 14.8. The molecule has 0 aliphatic heterocycles. The van der Waals surface area contributed by atoms with Crippen molar-refractivity contribution in [1.82, 2.24) is 5.32 Å². The number of esters is 1. The third-order valence-electron chi connectivity index (χ3n) is 4.19. The van der Waals surface area contributed by atoms with Gasteiger partial charge in [0.05, 0.1) is 19.6 Å². The van der Waals surface area contributed by atoms with Gasteiger partial charge in [-0.2, -0.15) is 0 Å². The van der Waals surface area contributed by atoms with Gasteiger partial charge >= 0.3 is 5.97 Å². The van der Waals surface area contributed by atoms with E-state index in [-0.39, 0.29) is 5.91 Å². The molecule has 2 aromatic carbocycles. The molecule has 5 nitrogen and oxygen atoms in total. The number of carbonyl (C=O) groups excluding carboxylic acids is 2. The molecule has 0 atom stereocenters. The molecule has 0 heterocycles. The number of nitrogens with one attached hydrogen (secondary N) is 1. The molecule has 0 fully saturated rings. The molecule has 0 saturated carbocycles. The average molecular weight is 341 g/mol. The molecule has 0 unspecified atom stereocenters. The van der Waals surface area contributed by atoms with Crippen LogP contribution in [0.25, 0.3) is 0 Å². The van der Waals surface area contributed by atoms with E-state index < -0.39 is 11.4 Å². The molecule has 0 aromatic heterocycles. The summed E-state index contributed by atoms with van der Waals surface area (Å²) in [4.78, 5) is 24.4. The number of methoxy groups -OCH3 is 2. The first-order chi connectivity index (χ1) is 11.9. The van der Waals surface area contributed by atoms with Crippen LogP contribution in [0.4, 0.5) is 0 Å². The van der Waals surface area contributed by atoms with Gasteiger partial charge in [0, 0.05) is 6.54 Å². The SMILES string of the molecule is COC(=O)c1cc(CNC(=O)C(C)(C)c2ccccc2)ccc1OC. The molecular weight excluding hydrogens is 318 g/mol. The highest BCUT2D eigenvalue weighted by Crippen LogP contribution is 2.24. The van der Waals surface area contributed by atoms with Gasteiger partial charge in [0.15, 0.2) is 0 Å². The lowest BCUT2D eigenvalue weighted by Gasteiger charge is -2.24. The molecule has 1 amide bonds.